The number of likely N-dealkylation sites (tertiary alicyclic amines) is 1. The molecule has 0 aliphatic carbocycles. The highest BCUT2D eigenvalue weighted by Crippen LogP contribution is 2.54. The molecule has 2 saturated heterocycles. The number of imide groups is 1. The van der Waals surface area contributed by atoms with Crippen LogP contribution in [0.3, 0.4) is 0 Å². The van der Waals surface area contributed by atoms with E-state index in [1.54, 1.807) is 17.0 Å². The van der Waals surface area contributed by atoms with Crippen LogP contribution in [-0.2, 0) is 14.4 Å². The molecule has 3 aliphatic heterocycles. The molecule has 202 valence electrons. The van der Waals surface area contributed by atoms with Crippen molar-refractivity contribution in [2.75, 3.05) is 24.6 Å². The van der Waals surface area contributed by atoms with Crippen LogP contribution in [0.15, 0.2) is 56.8 Å². The van der Waals surface area contributed by atoms with Gasteiger partial charge in [0.2, 0.25) is 11.8 Å². The van der Waals surface area contributed by atoms with Gasteiger partial charge in [-0.3, -0.25) is 19.2 Å². The van der Waals surface area contributed by atoms with Crippen LogP contribution in [0.2, 0.25) is 0 Å². The number of nitrogens with one attached hydrogen (secondary N) is 1. The zero-order chi connectivity index (χ0) is 27.3. The molecule has 39 heavy (non-hydrogen) atoms. The highest BCUT2D eigenvalue weighted by atomic mass is 79.9. The van der Waals surface area contributed by atoms with Crippen LogP contribution in [0.4, 0.5) is 10.1 Å². The van der Waals surface area contributed by atoms with Crippen molar-refractivity contribution in [3.05, 3.63) is 72.9 Å². The Balaban J connectivity index is 1.39. The van der Waals surface area contributed by atoms with Gasteiger partial charge in [-0.15, -0.1) is 0 Å². The van der Waals surface area contributed by atoms with E-state index in [0.717, 1.165) is 51.7 Å². The van der Waals surface area contributed by atoms with Crippen molar-refractivity contribution in [3.63, 3.8) is 0 Å². The summed E-state index contributed by atoms with van der Waals surface area (Å²) in [6, 6.07) is 10.5. The molecule has 0 spiro atoms. The first kappa shape index (κ1) is 26.3. The van der Waals surface area contributed by atoms with Gasteiger partial charge in [0.05, 0.1) is 16.6 Å². The van der Waals surface area contributed by atoms with Gasteiger partial charge in [-0.25, -0.2) is 9.29 Å². The first-order chi connectivity index (χ1) is 18.8. The van der Waals surface area contributed by atoms with E-state index in [1.807, 2.05) is 6.07 Å². The van der Waals surface area contributed by atoms with Crippen LogP contribution >= 0.6 is 39.0 Å². The van der Waals surface area contributed by atoms with E-state index in [0.29, 0.717) is 34.3 Å². The highest BCUT2D eigenvalue weighted by Gasteiger charge is 2.56. The lowest BCUT2D eigenvalue weighted by atomic mass is 9.82. The topological polar surface area (TPSA) is 99.8 Å². The standard InChI is InChI=1S/C27H23BrFN3O5S2/c28-14-4-9-18(37-13-19(33)31-10-2-1-3-11-31)17(12-14)20-21-23(38-24-22(20)39-27(36)30-24)26(35)32(25(21)34)16-7-5-15(29)6-8-16/h4-9,12,20-21,23H,1-3,10-11,13H2,(H,30,36). The van der Waals surface area contributed by atoms with E-state index in [-0.39, 0.29) is 23.1 Å². The van der Waals surface area contributed by atoms with Gasteiger partial charge in [0.1, 0.15) is 16.8 Å². The molecule has 0 bridgehead atoms. The summed E-state index contributed by atoms with van der Waals surface area (Å²) in [5.41, 5.74) is 0.888. The van der Waals surface area contributed by atoms with Gasteiger partial charge < -0.3 is 14.6 Å². The largest absolute Gasteiger partial charge is 0.483 e. The predicted octanol–water partition coefficient (Wildman–Crippen LogP) is 4.53. The van der Waals surface area contributed by atoms with Crippen molar-refractivity contribution in [2.45, 2.75) is 35.5 Å². The molecule has 3 atom stereocenters. The van der Waals surface area contributed by atoms with E-state index in [9.17, 15) is 23.6 Å². The summed E-state index contributed by atoms with van der Waals surface area (Å²) in [7, 11) is 0. The monoisotopic (exact) mass is 631 g/mol. The Hall–Kier alpha value is -2.96. The number of carbonyl (C=O) groups excluding carboxylic acids is 3. The van der Waals surface area contributed by atoms with Gasteiger partial charge in [0.25, 0.3) is 5.91 Å². The Bertz CT molecular complexity index is 1520. The molecule has 0 saturated carbocycles. The molecule has 4 heterocycles. The molecule has 2 fully saturated rings. The fourth-order valence-corrected chi connectivity index (χ4v) is 8.35. The third-order valence-corrected chi connectivity index (χ3v) is 10.2. The average Bonchev–Trinajstić information content (AvgIpc) is 3.43. The first-order valence-electron chi connectivity index (χ1n) is 12.5. The van der Waals surface area contributed by atoms with Crippen LogP contribution in [0.25, 0.3) is 0 Å². The van der Waals surface area contributed by atoms with Crippen LogP contribution < -0.4 is 14.5 Å². The number of halogens is 2. The Morgan fingerprint density at radius 2 is 1.79 bits per heavy atom. The van der Waals surface area contributed by atoms with E-state index in [4.69, 9.17) is 4.74 Å². The molecule has 12 heteroatoms. The normalized spacial score (nSPS) is 22.6. The zero-order valence-corrected chi connectivity index (χ0v) is 23.7. The second-order valence-corrected chi connectivity index (χ2v) is 12.7. The van der Waals surface area contributed by atoms with Crippen LogP contribution in [-0.4, -0.2) is 52.6 Å². The number of hydrogen-bond acceptors (Lipinski definition) is 7. The summed E-state index contributed by atoms with van der Waals surface area (Å²) in [4.78, 5) is 58.8. The minimum absolute atomic E-state index is 0.109. The van der Waals surface area contributed by atoms with Gasteiger partial charge in [-0.05, 0) is 61.7 Å². The number of amides is 3. The molecule has 1 N–H and O–H groups in total. The lowest BCUT2D eigenvalue weighted by molar-refractivity contribution is -0.134. The fraction of sp³-hybridized carbons (Fsp3) is 0.333. The molecule has 1 aromatic heterocycles. The Kier molecular flexibility index (Phi) is 7.11. The van der Waals surface area contributed by atoms with Crippen molar-refractivity contribution in [1.29, 1.82) is 0 Å². The average molecular weight is 633 g/mol. The van der Waals surface area contributed by atoms with Crippen LogP contribution in [0, 0.1) is 11.7 Å². The first-order valence-corrected chi connectivity index (χ1v) is 15.0. The number of thiazole rings is 1. The number of piperidine rings is 1. The summed E-state index contributed by atoms with van der Waals surface area (Å²) in [6.07, 6.45) is 3.04. The molecule has 3 aromatic rings. The molecule has 3 aliphatic rings. The fourth-order valence-electron chi connectivity index (χ4n) is 5.46. The molecule has 2 aromatic carbocycles. The number of fused-ring (bicyclic) bond motifs is 2. The molecular formula is C27H23BrFN3O5S2. The number of rotatable bonds is 5. The second-order valence-electron chi connectivity index (χ2n) is 9.65. The summed E-state index contributed by atoms with van der Waals surface area (Å²) in [5.74, 6) is -2.54. The summed E-state index contributed by atoms with van der Waals surface area (Å²) < 4.78 is 20.4. The third-order valence-electron chi connectivity index (χ3n) is 7.28. The lowest BCUT2D eigenvalue weighted by Gasteiger charge is -2.31. The number of aromatic nitrogens is 1. The number of benzene rings is 2. The molecule has 8 nitrogen and oxygen atoms in total. The summed E-state index contributed by atoms with van der Waals surface area (Å²) in [5, 5.41) is -0.263. The molecule has 0 radical (unpaired) electrons. The predicted molar refractivity (Wildman–Crippen MR) is 149 cm³/mol. The van der Waals surface area contributed by atoms with Gasteiger partial charge >= 0.3 is 4.87 Å². The van der Waals surface area contributed by atoms with Crippen molar-refractivity contribution < 1.29 is 23.5 Å². The summed E-state index contributed by atoms with van der Waals surface area (Å²) in [6.45, 7) is 1.25. The lowest BCUT2D eigenvalue weighted by Crippen LogP contribution is -2.38. The number of anilines is 1. The molecular weight excluding hydrogens is 609 g/mol. The highest BCUT2D eigenvalue weighted by molar-refractivity contribution is 9.10. The van der Waals surface area contributed by atoms with E-state index in [1.165, 1.54) is 24.3 Å². The maximum Gasteiger partial charge on any atom is 0.305 e. The molecule has 3 amide bonds. The minimum atomic E-state index is -0.832. The summed E-state index contributed by atoms with van der Waals surface area (Å²) >= 11 is 5.66. The van der Waals surface area contributed by atoms with Crippen molar-refractivity contribution >= 4 is 62.4 Å². The van der Waals surface area contributed by atoms with Gasteiger partial charge in [0, 0.05) is 33.9 Å². The number of thioether (sulfide) groups is 1. The Morgan fingerprint density at radius 3 is 2.54 bits per heavy atom. The Labute approximate surface area is 239 Å². The van der Waals surface area contributed by atoms with Crippen molar-refractivity contribution in [2.24, 2.45) is 5.92 Å². The van der Waals surface area contributed by atoms with Crippen molar-refractivity contribution in [1.82, 2.24) is 9.88 Å². The van der Waals surface area contributed by atoms with E-state index in [2.05, 4.69) is 20.9 Å². The van der Waals surface area contributed by atoms with Crippen molar-refractivity contribution in [3.8, 4) is 5.75 Å². The number of carbonyl (C=O) groups is 3. The smallest absolute Gasteiger partial charge is 0.305 e. The third kappa shape index (κ3) is 4.82. The number of hydrogen-bond donors (Lipinski definition) is 1. The maximum atomic E-state index is 13.9. The zero-order valence-electron chi connectivity index (χ0n) is 20.5. The van der Waals surface area contributed by atoms with Gasteiger partial charge in [-0.1, -0.05) is 39.0 Å². The maximum absolute atomic E-state index is 13.9. The molecule has 6 rings (SSSR count). The van der Waals surface area contributed by atoms with E-state index >= 15 is 0 Å². The minimum Gasteiger partial charge on any atom is -0.483 e. The Morgan fingerprint density at radius 1 is 1.05 bits per heavy atom. The van der Waals surface area contributed by atoms with Crippen LogP contribution in [0.5, 0.6) is 5.75 Å². The number of aromatic amines is 1. The SMILES string of the molecule is O=C(COc1ccc(Br)cc1C1c2sc(=O)[nH]c2SC2C(=O)N(c3ccc(F)cc3)C(=O)C21)N1CCCCC1. The van der Waals surface area contributed by atoms with Gasteiger partial charge in [-0.2, -0.15) is 0 Å². The quantitative estimate of drug-likeness (QED) is 0.416. The van der Waals surface area contributed by atoms with E-state index < -0.39 is 34.7 Å². The molecule has 3 unspecified atom stereocenters. The number of H-pyrrole nitrogens is 1. The van der Waals surface area contributed by atoms with Gasteiger partial charge in [0.15, 0.2) is 6.61 Å². The number of ether oxygens (including phenoxy) is 1. The number of nitrogens with zero attached hydrogens (tertiary/aromatic N) is 2. The van der Waals surface area contributed by atoms with Crippen LogP contribution in [0.1, 0.15) is 35.6 Å². The second kappa shape index (κ2) is 10.5.